The first-order chi connectivity index (χ1) is 16.6. The summed E-state index contributed by atoms with van der Waals surface area (Å²) in [6, 6.07) is 22.8. The predicted molar refractivity (Wildman–Crippen MR) is 131 cm³/mol. The molecule has 6 heteroatoms. The molecule has 0 aromatic heterocycles. The van der Waals surface area contributed by atoms with Crippen molar-refractivity contribution in [2.45, 2.75) is 25.3 Å². The second-order valence-electron chi connectivity index (χ2n) is 8.45. The van der Waals surface area contributed by atoms with Crippen molar-refractivity contribution < 1.29 is 19.1 Å². The second-order valence-corrected chi connectivity index (χ2v) is 8.45. The van der Waals surface area contributed by atoms with Crippen LogP contribution in [0.4, 0.5) is 5.69 Å². The van der Waals surface area contributed by atoms with Crippen LogP contribution in [0.15, 0.2) is 78.6 Å². The summed E-state index contributed by atoms with van der Waals surface area (Å²) in [6.45, 7) is -0.0855. The van der Waals surface area contributed by atoms with Gasteiger partial charge in [0.1, 0.15) is 12.3 Å². The van der Waals surface area contributed by atoms with Gasteiger partial charge in [-0.3, -0.25) is 14.5 Å². The van der Waals surface area contributed by atoms with Crippen LogP contribution in [0.3, 0.4) is 0 Å². The summed E-state index contributed by atoms with van der Waals surface area (Å²) < 4.78 is 11.1. The molecule has 1 aliphatic carbocycles. The van der Waals surface area contributed by atoms with Crippen LogP contribution in [-0.2, 0) is 16.0 Å². The number of hydrogen-bond donors (Lipinski definition) is 1. The van der Waals surface area contributed by atoms with Gasteiger partial charge >= 0.3 is 0 Å². The maximum absolute atomic E-state index is 13.4. The van der Waals surface area contributed by atoms with Gasteiger partial charge in [0.25, 0.3) is 5.91 Å². The number of benzene rings is 3. The van der Waals surface area contributed by atoms with Crippen molar-refractivity contribution in [3.05, 3.63) is 95.2 Å². The van der Waals surface area contributed by atoms with Crippen molar-refractivity contribution >= 4 is 23.6 Å². The Morgan fingerprint density at radius 3 is 2.68 bits per heavy atom. The molecule has 1 unspecified atom stereocenters. The van der Waals surface area contributed by atoms with E-state index in [2.05, 4.69) is 17.4 Å². The van der Waals surface area contributed by atoms with Gasteiger partial charge in [0.05, 0.1) is 18.8 Å². The number of carbonyl (C=O) groups excluding carboxylic acids is 2. The highest BCUT2D eigenvalue weighted by Crippen LogP contribution is 2.36. The van der Waals surface area contributed by atoms with E-state index in [9.17, 15) is 9.59 Å². The summed E-state index contributed by atoms with van der Waals surface area (Å²) >= 11 is 0. The third-order valence-corrected chi connectivity index (χ3v) is 6.25. The zero-order chi connectivity index (χ0) is 23.5. The van der Waals surface area contributed by atoms with Crippen molar-refractivity contribution in [1.82, 2.24) is 5.32 Å². The molecule has 0 fully saturated rings. The summed E-state index contributed by atoms with van der Waals surface area (Å²) in [5, 5.41) is 3.14. The lowest BCUT2D eigenvalue weighted by Gasteiger charge is -2.31. The summed E-state index contributed by atoms with van der Waals surface area (Å²) in [4.78, 5) is 28.0. The van der Waals surface area contributed by atoms with Crippen LogP contribution in [0.1, 0.15) is 35.6 Å². The summed E-state index contributed by atoms with van der Waals surface area (Å²) in [5.41, 5.74) is 3.82. The highest BCUT2D eigenvalue weighted by atomic mass is 16.5. The Balaban J connectivity index is 1.38. The van der Waals surface area contributed by atoms with E-state index in [-0.39, 0.29) is 30.2 Å². The molecule has 2 aliphatic rings. The Labute approximate surface area is 198 Å². The van der Waals surface area contributed by atoms with Crippen LogP contribution in [0.2, 0.25) is 0 Å². The molecule has 172 valence electrons. The van der Waals surface area contributed by atoms with Crippen molar-refractivity contribution in [3.8, 4) is 11.5 Å². The fraction of sp³-hybridized carbons (Fsp3) is 0.214. The first kappa shape index (κ1) is 21.8. The van der Waals surface area contributed by atoms with Crippen LogP contribution >= 0.6 is 0 Å². The molecule has 0 radical (unpaired) electrons. The van der Waals surface area contributed by atoms with Gasteiger partial charge in [-0.2, -0.15) is 0 Å². The molecular weight excluding hydrogens is 428 g/mol. The Morgan fingerprint density at radius 1 is 1.09 bits per heavy atom. The molecule has 6 nitrogen and oxygen atoms in total. The van der Waals surface area contributed by atoms with Gasteiger partial charge in [0, 0.05) is 0 Å². The zero-order valence-corrected chi connectivity index (χ0v) is 19.0. The molecule has 0 saturated carbocycles. The van der Waals surface area contributed by atoms with E-state index >= 15 is 0 Å². The Kier molecular flexibility index (Phi) is 6.04. The minimum Gasteiger partial charge on any atom is -0.497 e. The maximum Gasteiger partial charge on any atom is 0.294 e. The van der Waals surface area contributed by atoms with E-state index in [1.807, 2.05) is 48.5 Å². The smallest absolute Gasteiger partial charge is 0.294 e. The van der Waals surface area contributed by atoms with Gasteiger partial charge in [-0.1, -0.05) is 48.5 Å². The number of carbonyl (C=O) groups is 2. The average Bonchev–Trinajstić information content (AvgIpc) is 2.87. The van der Waals surface area contributed by atoms with Crippen molar-refractivity contribution in [2.75, 3.05) is 18.6 Å². The van der Waals surface area contributed by atoms with Crippen LogP contribution < -0.4 is 19.7 Å². The number of fused-ring (bicyclic) bond motifs is 2. The van der Waals surface area contributed by atoms with Crippen LogP contribution in [0.5, 0.6) is 11.5 Å². The summed E-state index contributed by atoms with van der Waals surface area (Å²) in [7, 11) is 1.60. The number of ether oxygens (including phenoxy) is 2. The molecule has 0 saturated heterocycles. The number of methoxy groups -OCH3 is 1. The third-order valence-electron chi connectivity index (χ3n) is 6.25. The Bertz CT molecular complexity index is 1250. The van der Waals surface area contributed by atoms with Crippen molar-refractivity contribution in [1.29, 1.82) is 0 Å². The number of nitrogens with one attached hydrogen (secondary N) is 1. The van der Waals surface area contributed by atoms with Crippen LogP contribution in [0.25, 0.3) is 6.08 Å². The van der Waals surface area contributed by atoms with Gasteiger partial charge in [-0.25, -0.2) is 0 Å². The molecule has 1 heterocycles. The van der Waals surface area contributed by atoms with Crippen LogP contribution in [-0.4, -0.2) is 25.5 Å². The molecule has 0 bridgehead atoms. The monoisotopic (exact) mass is 454 g/mol. The quantitative estimate of drug-likeness (QED) is 0.570. The Morgan fingerprint density at radius 2 is 1.85 bits per heavy atom. The minimum absolute atomic E-state index is 0.0434. The first-order valence-corrected chi connectivity index (χ1v) is 11.4. The maximum atomic E-state index is 13.4. The Hall–Kier alpha value is -4.06. The lowest BCUT2D eigenvalue weighted by atomic mass is 9.88. The number of aryl methyl sites for hydroxylation is 1. The number of anilines is 1. The summed E-state index contributed by atoms with van der Waals surface area (Å²) in [5.74, 6) is 0.882. The van der Waals surface area contributed by atoms with E-state index in [4.69, 9.17) is 9.47 Å². The van der Waals surface area contributed by atoms with Gasteiger partial charge in [-0.05, 0) is 66.3 Å². The lowest BCUT2D eigenvalue weighted by Crippen LogP contribution is -2.45. The van der Waals surface area contributed by atoms with E-state index in [1.54, 1.807) is 25.3 Å². The zero-order valence-electron chi connectivity index (χ0n) is 19.0. The average molecular weight is 455 g/mol. The van der Waals surface area contributed by atoms with E-state index < -0.39 is 0 Å². The van der Waals surface area contributed by atoms with Gasteiger partial charge in [0.15, 0.2) is 11.5 Å². The molecule has 2 amide bonds. The molecule has 0 spiro atoms. The molecule has 1 N–H and O–H groups in total. The van der Waals surface area contributed by atoms with E-state index in [1.165, 1.54) is 10.5 Å². The molecule has 5 rings (SSSR count). The van der Waals surface area contributed by atoms with Gasteiger partial charge in [0.2, 0.25) is 5.91 Å². The minimum atomic E-state index is -0.353. The number of rotatable bonds is 5. The normalized spacial score (nSPS) is 18.0. The molecule has 1 aliphatic heterocycles. The summed E-state index contributed by atoms with van der Waals surface area (Å²) in [6.07, 6.45) is 4.62. The van der Waals surface area contributed by atoms with Crippen molar-refractivity contribution in [3.63, 3.8) is 0 Å². The largest absolute Gasteiger partial charge is 0.497 e. The molecular formula is C28H26N2O4. The molecule has 1 atom stereocenters. The highest BCUT2D eigenvalue weighted by molar-refractivity contribution is 6.12. The van der Waals surface area contributed by atoms with Gasteiger partial charge < -0.3 is 14.8 Å². The van der Waals surface area contributed by atoms with Crippen molar-refractivity contribution in [2.24, 2.45) is 0 Å². The number of amides is 2. The van der Waals surface area contributed by atoms with E-state index in [0.29, 0.717) is 11.4 Å². The fourth-order valence-corrected chi connectivity index (χ4v) is 4.56. The van der Waals surface area contributed by atoms with Crippen LogP contribution in [0, 0.1) is 0 Å². The first-order valence-electron chi connectivity index (χ1n) is 11.4. The number of hydrogen-bond acceptors (Lipinski definition) is 4. The third kappa shape index (κ3) is 4.39. The second kappa shape index (κ2) is 9.43. The molecule has 3 aromatic carbocycles. The number of para-hydroxylation sites is 2. The number of nitrogens with zero attached hydrogens (tertiary/aromatic N) is 1. The van der Waals surface area contributed by atoms with Gasteiger partial charge in [-0.15, -0.1) is 0 Å². The topological polar surface area (TPSA) is 67.9 Å². The molecule has 34 heavy (non-hydrogen) atoms. The standard InChI is InChI=1S/C28H26N2O4/c1-33-21-15-13-19(14-16-21)17-26-28(32)30(24-11-4-5-12-25(24)34-26)18-27(31)29-23-10-6-8-20-7-2-3-9-22(20)23/h2-5,7,9,11-17,23H,6,8,10,18H2,1H3,(H,29,31)/b26-17+. The molecule has 3 aromatic rings. The fourth-order valence-electron chi connectivity index (χ4n) is 4.56. The van der Waals surface area contributed by atoms with E-state index in [0.717, 1.165) is 36.1 Å². The predicted octanol–water partition coefficient (Wildman–Crippen LogP) is 4.66. The highest BCUT2D eigenvalue weighted by Gasteiger charge is 2.32. The SMILES string of the molecule is COc1ccc(/C=C2/Oc3ccccc3N(CC(=O)NC3CCCc4ccccc43)C2=O)cc1. The lowest BCUT2D eigenvalue weighted by molar-refractivity contribution is -0.124.